The second-order valence-electron chi connectivity index (χ2n) is 2.38. The first-order valence-corrected chi connectivity index (χ1v) is 3.41. The SMILES string of the molecule is Cn1ncc2c(C=O)ncnc21. The molecule has 0 aliphatic heterocycles. The smallest absolute Gasteiger partial charge is 0.169 e. The molecule has 2 heterocycles. The summed E-state index contributed by atoms with van der Waals surface area (Å²) in [7, 11) is 1.77. The molecular formula is C7H6N4O. The summed E-state index contributed by atoms with van der Waals surface area (Å²) >= 11 is 0. The van der Waals surface area contributed by atoms with Gasteiger partial charge in [0.25, 0.3) is 0 Å². The molecule has 60 valence electrons. The van der Waals surface area contributed by atoms with Gasteiger partial charge in [0.2, 0.25) is 0 Å². The van der Waals surface area contributed by atoms with E-state index in [9.17, 15) is 4.79 Å². The Kier molecular flexibility index (Phi) is 1.36. The van der Waals surface area contributed by atoms with E-state index >= 15 is 0 Å². The number of aryl methyl sites for hydroxylation is 1. The van der Waals surface area contributed by atoms with Crippen LogP contribution in [0.2, 0.25) is 0 Å². The van der Waals surface area contributed by atoms with Gasteiger partial charge in [-0.05, 0) is 0 Å². The van der Waals surface area contributed by atoms with Gasteiger partial charge in [-0.3, -0.25) is 9.48 Å². The molecule has 0 aliphatic rings. The molecule has 0 saturated carbocycles. The van der Waals surface area contributed by atoms with Crippen LogP contribution in [0.4, 0.5) is 0 Å². The Hall–Kier alpha value is -1.78. The number of aldehydes is 1. The zero-order chi connectivity index (χ0) is 8.55. The molecule has 12 heavy (non-hydrogen) atoms. The third-order valence-corrected chi connectivity index (χ3v) is 1.67. The molecule has 5 heteroatoms. The zero-order valence-corrected chi connectivity index (χ0v) is 6.43. The average molecular weight is 162 g/mol. The van der Waals surface area contributed by atoms with Crippen LogP contribution in [-0.2, 0) is 7.05 Å². The second kappa shape index (κ2) is 2.37. The number of aromatic nitrogens is 4. The largest absolute Gasteiger partial charge is 0.296 e. The topological polar surface area (TPSA) is 60.7 Å². The highest BCUT2D eigenvalue weighted by Crippen LogP contribution is 2.10. The fourth-order valence-corrected chi connectivity index (χ4v) is 1.07. The molecule has 0 radical (unpaired) electrons. The molecule has 0 amide bonds. The van der Waals surface area contributed by atoms with Gasteiger partial charge in [-0.2, -0.15) is 5.10 Å². The van der Waals surface area contributed by atoms with E-state index < -0.39 is 0 Å². The highest BCUT2D eigenvalue weighted by Gasteiger charge is 2.05. The van der Waals surface area contributed by atoms with Crippen LogP contribution in [0, 0.1) is 0 Å². The van der Waals surface area contributed by atoms with E-state index in [1.54, 1.807) is 17.9 Å². The van der Waals surface area contributed by atoms with Crippen LogP contribution in [-0.4, -0.2) is 26.0 Å². The lowest BCUT2D eigenvalue weighted by atomic mass is 10.3. The van der Waals surface area contributed by atoms with E-state index in [4.69, 9.17) is 0 Å². The van der Waals surface area contributed by atoms with Gasteiger partial charge in [-0.1, -0.05) is 0 Å². The number of rotatable bonds is 1. The molecule has 0 bridgehead atoms. The van der Waals surface area contributed by atoms with Crippen molar-refractivity contribution in [2.75, 3.05) is 0 Å². The molecular weight excluding hydrogens is 156 g/mol. The van der Waals surface area contributed by atoms with Crippen LogP contribution in [0.5, 0.6) is 0 Å². The minimum Gasteiger partial charge on any atom is -0.296 e. The predicted molar refractivity (Wildman–Crippen MR) is 41.7 cm³/mol. The summed E-state index contributed by atoms with van der Waals surface area (Å²) in [5.74, 6) is 0. The number of carbonyl (C=O) groups excluding carboxylic acids is 1. The lowest BCUT2D eigenvalue weighted by Crippen LogP contribution is -1.94. The summed E-state index contributed by atoms with van der Waals surface area (Å²) < 4.78 is 1.60. The first kappa shape index (κ1) is 6.90. The lowest BCUT2D eigenvalue weighted by molar-refractivity contribution is 0.112. The van der Waals surface area contributed by atoms with Crippen molar-refractivity contribution in [3.05, 3.63) is 18.2 Å². The Morgan fingerprint density at radius 3 is 3.08 bits per heavy atom. The monoisotopic (exact) mass is 162 g/mol. The van der Waals surface area contributed by atoms with Gasteiger partial charge >= 0.3 is 0 Å². The minimum absolute atomic E-state index is 0.383. The maximum atomic E-state index is 10.5. The first-order valence-electron chi connectivity index (χ1n) is 3.41. The van der Waals surface area contributed by atoms with Gasteiger partial charge in [0.15, 0.2) is 11.9 Å². The van der Waals surface area contributed by atoms with Crippen LogP contribution in [0.25, 0.3) is 11.0 Å². The number of fused-ring (bicyclic) bond motifs is 1. The van der Waals surface area contributed by atoms with Crippen molar-refractivity contribution in [2.24, 2.45) is 7.05 Å². The standard InChI is InChI=1S/C7H6N4O/c1-11-7-5(2-10-11)6(3-12)8-4-9-7/h2-4H,1H3. The number of carbonyl (C=O) groups is 1. The molecule has 0 N–H and O–H groups in total. The normalized spacial score (nSPS) is 10.4. The van der Waals surface area contributed by atoms with Crippen molar-refractivity contribution in [1.82, 2.24) is 19.7 Å². The fourth-order valence-electron chi connectivity index (χ4n) is 1.07. The number of hydrogen-bond donors (Lipinski definition) is 0. The van der Waals surface area contributed by atoms with Gasteiger partial charge in [0.1, 0.15) is 12.0 Å². The summed E-state index contributed by atoms with van der Waals surface area (Å²) in [4.78, 5) is 18.3. The quantitative estimate of drug-likeness (QED) is 0.561. The molecule has 2 aromatic rings. The van der Waals surface area contributed by atoms with Gasteiger partial charge < -0.3 is 0 Å². The van der Waals surface area contributed by atoms with Crippen LogP contribution in [0.15, 0.2) is 12.5 Å². The molecule has 2 aromatic heterocycles. The molecule has 0 unspecified atom stereocenters. The summed E-state index contributed by atoms with van der Waals surface area (Å²) in [6.07, 6.45) is 3.64. The molecule has 0 atom stereocenters. The highest BCUT2D eigenvalue weighted by atomic mass is 16.1. The Balaban J connectivity index is 2.89. The van der Waals surface area contributed by atoms with Crippen molar-refractivity contribution in [2.45, 2.75) is 0 Å². The van der Waals surface area contributed by atoms with Crippen molar-refractivity contribution in [3.63, 3.8) is 0 Å². The van der Waals surface area contributed by atoms with E-state index in [0.29, 0.717) is 23.0 Å². The summed E-state index contributed by atoms with van der Waals surface area (Å²) in [5.41, 5.74) is 1.06. The molecule has 0 aromatic carbocycles. The minimum atomic E-state index is 0.383. The molecule has 0 aliphatic carbocycles. The van der Waals surface area contributed by atoms with Crippen molar-refractivity contribution in [1.29, 1.82) is 0 Å². The van der Waals surface area contributed by atoms with Crippen LogP contribution in [0.1, 0.15) is 10.5 Å². The van der Waals surface area contributed by atoms with Gasteiger partial charge in [0, 0.05) is 7.05 Å². The van der Waals surface area contributed by atoms with E-state index in [-0.39, 0.29) is 0 Å². The molecule has 0 fully saturated rings. The first-order chi connectivity index (χ1) is 5.83. The third kappa shape index (κ3) is 0.795. The third-order valence-electron chi connectivity index (χ3n) is 1.67. The highest BCUT2D eigenvalue weighted by molar-refractivity contribution is 5.92. The van der Waals surface area contributed by atoms with Crippen LogP contribution >= 0.6 is 0 Å². The Morgan fingerprint density at radius 1 is 1.50 bits per heavy atom. The summed E-state index contributed by atoms with van der Waals surface area (Å²) in [6, 6.07) is 0. The van der Waals surface area contributed by atoms with Crippen molar-refractivity contribution < 1.29 is 4.79 Å². The fraction of sp³-hybridized carbons (Fsp3) is 0.143. The van der Waals surface area contributed by atoms with E-state index in [2.05, 4.69) is 15.1 Å². The summed E-state index contributed by atoms with van der Waals surface area (Å²) in [5, 5.41) is 4.65. The summed E-state index contributed by atoms with van der Waals surface area (Å²) in [6.45, 7) is 0. The zero-order valence-electron chi connectivity index (χ0n) is 6.43. The van der Waals surface area contributed by atoms with Gasteiger partial charge in [-0.15, -0.1) is 0 Å². The predicted octanol–water partition coefficient (Wildman–Crippen LogP) is 0.176. The van der Waals surface area contributed by atoms with E-state index in [0.717, 1.165) is 0 Å². The van der Waals surface area contributed by atoms with Crippen LogP contribution < -0.4 is 0 Å². The lowest BCUT2D eigenvalue weighted by Gasteiger charge is -1.92. The van der Waals surface area contributed by atoms with Gasteiger partial charge in [0.05, 0.1) is 11.6 Å². The molecule has 0 saturated heterocycles. The molecule has 2 rings (SSSR count). The Labute approximate surface area is 68.1 Å². The number of hydrogen-bond acceptors (Lipinski definition) is 4. The van der Waals surface area contributed by atoms with Crippen molar-refractivity contribution >= 4 is 17.3 Å². The maximum absolute atomic E-state index is 10.5. The number of nitrogens with zero attached hydrogens (tertiary/aromatic N) is 4. The van der Waals surface area contributed by atoms with Crippen LogP contribution in [0.3, 0.4) is 0 Å². The Bertz CT molecular complexity index is 434. The second-order valence-corrected chi connectivity index (χ2v) is 2.38. The van der Waals surface area contributed by atoms with E-state index in [1.807, 2.05) is 0 Å². The average Bonchev–Trinajstić information content (AvgIpc) is 2.48. The van der Waals surface area contributed by atoms with Gasteiger partial charge in [-0.25, -0.2) is 9.97 Å². The Morgan fingerprint density at radius 2 is 2.33 bits per heavy atom. The molecule has 5 nitrogen and oxygen atoms in total. The van der Waals surface area contributed by atoms with Crippen molar-refractivity contribution in [3.8, 4) is 0 Å². The molecule has 0 spiro atoms. The van der Waals surface area contributed by atoms with E-state index in [1.165, 1.54) is 6.33 Å². The maximum Gasteiger partial charge on any atom is 0.169 e.